The highest BCUT2D eigenvalue weighted by atomic mass is 16.6. The fourth-order valence-corrected chi connectivity index (χ4v) is 5.46. The number of terminal acetylenes is 2. The molecular weight excluding hydrogens is 596 g/mol. The van der Waals surface area contributed by atoms with Gasteiger partial charge in [-0.05, 0) is 60.7 Å². The van der Waals surface area contributed by atoms with Gasteiger partial charge in [0.05, 0.1) is 11.4 Å². The first kappa shape index (κ1) is 35.4. The number of carbonyl (C=O) groups excluding carboxylic acids is 2. The van der Waals surface area contributed by atoms with Crippen molar-refractivity contribution in [1.82, 2.24) is 0 Å². The predicted octanol–water partition coefficient (Wildman–Crippen LogP) is 10.8. The Balaban J connectivity index is 1.00. The summed E-state index contributed by atoms with van der Waals surface area (Å²) in [4.78, 5) is 24.8. The Morgan fingerprint density at radius 2 is 0.938 bits per heavy atom. The van der Waals surface area contributed by atoms with Gasteiger partial charge in [-0.1, -0.05) is 135 Å². The maximum atomic E-state index is 12.4. The summed E-state index contributed by atoms with van der Waals surface area (Å²) in [6.45, 7) is 0. The van der Waals surface area contributed by atoms with Crippen LogP contribution in [-0.2, 0) is 9.47 Å². The van der Waals surface area contributed by atoms with E-state index in [9.17, 15) is 9.59 Å². The van der Waals surface area contributed by atoms with Crippen LogP contribution in [0, 0.1) is 24.7 Å². The summed E-state index contributed by atoms with van der Waals surface area (Å²) in [7, 11) is 0. The first-order chi connectivity index (χ1) is 23.6. The Kier molecular flexibility index (Phi) is 14.7. The third-order valence-electron chi connectivity index (χ3n) is 7.96. The lowest BCUT2D eigenvalue weighted by molar-refractivity contribution is 0.154. The Bertz CT molecular complexity index is 1640. The summed E-state index contributed by atoms with van der Waals surface area (Å²) >= 11 is 0. The SMILES string of the molecule is C#C[C@@H](/C=C/CCCCCCCCCC/C=C/[C@H](C#C)OC(=O)Nc1cccc2ccccc12)OC(=O)Nc1cccc2ccccc12. The fourth-order valence-electron chi connectivity index (χ4n) is 5.46. The molecular formula is C42H44N2O4. The highest BCUT2D eigenvalue weighted by Crippen LogP contribution is 2.24. The van der Waals surface area contributed by atoms with Crippen LogP contribution >= 0.6 is 0 Å². The van der Waals surface area contributed by atoms with Crippen LogP contribution in [0.5, 0.6) is 0 Å². The Labute approximate surface area is 284 Å². The van der Waals surface area contributed by atoms with Crippen LogP contribution in [0.1, 0.15) is 64.2 Å². The Morgan fingerprint density at radius 3 is 1.35 bits per heavy atom. The number of ether oxygens (including phenoxy) is 2. The summed E-state index contributed by atoms with van der Waals surface area (Å²) in [6, 6.07) is 27.1. The molecule has 0 aliphatic heterocycles. The van der Waals surface area contributed by atoms with Gasteiger partial charge in [0.1, 0.15) is 0 Å². The van der Waals surface area contributed by atoms with Crippen LogP contribution < -0.4 is 10.6 Å². The second kappa shape index (κ2) is 19.9. The van der Waals surface area contributed by atoms with Gasteiger partial charge in [0.15, 0.2) is 12.2 Å². The van der Waals surface area contributed by atoms with Gasteiger partial charge in [-0.15, -0.1) is 12.8 Å². The average molecular weight is 641 g/mol. The van der Waals surface area contributed by atoms with Crippen LogP contribution in [0.25, 0.3) is 21.5 Å². The second-order valence-corrected chi connectivity index (χ2v) is 11.6. The molecule has 0 fully saturated rings. The van der Waals surface area contributed by atoms with Gasteiger partial charge in [-0.3, -0.25) is 10.6 Å². The van der Waals surface area contributed by atoms with Crippen molar-refractivity contribution in [3.63, 3.8) is 0 Å². The number of rotatable bonds is 17. The molecule has 2 N–H and O–H groups in total. The van der Waals surface area contributed by atoms with E-state index in [1.807, 2.05) is 97.1 Å². The zero-order chi connectivity index (χ0) is 33.8. The largest absolute Gasteiger partial charge is 0.428 e. The summed E-state index contributed by atoms with van der Waals surface area (Å²) in [5.41, 5.74) is 1.38. The summed E-state index contributed by atoms with van der Waals surface area (Å²) in [5.74, 6) is 5.05. The molecule has 0 saturated carbocycles. The molecule has 4 aromatic rings. The Hall–Kier alpha value is -5.46. The van der Waals surface area contributed by atoms with Crippen LogP contribution in [-0.4, -0.2) is 24.4 Å². The summed E-state index contributed by atoms with van der Waals surface area (Å²) in [5, 5.41) is 9.57. The molecule has 246 valence electrons. The number of fused-ring (bicyclic) bond motifs is 2. The minimum absolute atomic E-state index is 0.571. The van der Waals surface area contributed by atoms with Crippen molar-refractivity contribution in [2.75, 3.05) is 10.6 Å². The molecule has 4 aromatic carbocycles. The number of hydrogen-bond donors (Lipinski definition) is 2. The number of anilines is 2. The maximum Gasteiger partial charge on any atom is 0.413 e. The number of nitrogens with one attached hydrogen (secondary N) is 2. The molecule has 2 atom stereocenters. The van der Waals surface area contributed by atoms with E-state index in [2.05, 4.69) is 22.5 Å². The highest BCUT2D eigenvalue weighted by molar-refractivity contribution is 6.01. The number of allylic oxidation sites excluding steroid dienone is 2. The quantitative estimate of drug-likeness (QED) is 0.0684. The molecule has 0 radical (unpaired) electrons. The van der Waals surface area contributed by atoms with E-state index >= 15 is 0 Å². The third-order valence-corrected chi connectivity index (χ3v) is 7.96. The van der Waals surface area contributed by atoms with Crippen molar-refractivity contribution in [3.8, 4) is 24.7 Å². The van der Waals surface area contributed by atoms with E-state index in [1.54, 1.807) is 12.2 Å². The molecule has 0 unspecified atom stereocenters. The lowest BCUT2D eigenvalue weighted by Gasteiger charge is -2.11. The molecule has 0 aliphatic carbocycles. The molecule has 0 aromatic heterocycles. The minimum atomic E-state index is -0.708. The van der Waals surface area contributed by atoms with Gasteiger partial charge in [-0.2, -0.15) is 0 Å². The second-order valence-electron chi connectivity index (χ2n) is 11.6. The molecule has 0 bridgehead atoms. The molecule has 4 rings (SSSR count). The van der Waals surface area contributed by atoms with Crippen molar-refractivity contribution < 1.29 is 19.1 Å². The normalized spacial score (nSPS) is 12.4. The summed E-state index contributed by atoms with van der Waals surface area (Å²) < 4.78 is 10.8. The third kappa shape index (κ3) is 11.7. The topological polar surface area (TPSA) is 76.7 Å². The predicted molar refractivity (Wildman–Crippen MR) is 198 cm³/mol. The van der Waals surface area contributed by atoms with Crippen molar-refractivity contribution in [1.29, 1.82) is 0 Å². The van der Waals surface area contributed by atoms with E-state index in [-0.39, 0.29) is 0 Å². The molecule has 2 amide bonds. The monoisotopic (exact) mass is 640 g/mol. The van der Waals surface area contributed by atoms with Crippen LogP contribution in [0.2, 0.25) is 0 Å². The Morgan fingerprint density at radius 1 is 0.562 bits per heavy atom. The smallest absolute Gasteiger partial charge is 0.413 e. The van der Waals surface area contributed by atoms with E-state index in [0.717, 1.165) is 60.1 Å². The van der Waals surface area contributed by atoms with Gasteiger partial charge < -0.3 is 9.47 Å². The van der Waals surface area contributed by atoms with Crippen LogP contribution in [0.3, 0.4) is 0 Å². The van der Waals surface area contributed by atoms with Gasteiger partial charge in [0.25, 0.3) is 0 Å². The molecule has 0 saturated heterocycles. The fraction of sp³-hybridized carbons (Fsp3) is 0.286. The van der Waals surface area contributed by atoms with Gasteiger partial charge >= 0.3 is 12.2 Å². The standard InChI is InChI=1S/C42H44N2O4/c1-3-35(47-41(45)43-39-31-21-25-33-23-17-19-29-37(33)39)27-15-13-11-9-7-5-6-8-10-12-14-16-28-36(4-2)48-42(46)44-40-32-22-26-34-24-18-20-30-38(34)40/h1-2,15-32,35-36H,5-14H2,(H,43,45)(H,44,46)/b27-15+,28-16+/t35-,36-/m0/s1. The number of carbonyl (C=O) groups is 2. The zero-order valence-corrected chi connectivity index (χ0v) is 27.4. The van der Waals surface area contributed by atoms with Crippen molar-refractivity contribution in [3.05, 3.63) is 109 Å². The first-order valence-corrected chi connectivity index (χ1v) is 16.7. The number of amides is 2. The van der Waals surface area contributed by atoms with E-state index in [0.29, 0.717) is 11.4 Å². The van der Waals surface area contributed by atoms with Crippen molar-refractivity contribution in [2.24, 2.45) is 0 Å². The number of benzene rings is 4. The lowest BCUT2D eigenvalue weighted by Crippen LogP contribution is -2.20. The van der Waals surface area contributed by atoms with Crippen molar-refractivity contribution >= 4 is 45.1 Å². The molecule has 0 aliphatic rings. The molecule has 0 spiro atoms. The number of unbranched alkanes of at least 4 members (excludes halogenated alkanes) is 9. The summed E-state index contributed by atoms with van der Waals surface area (Å²) in [6.07, 6.45) is 27.2. The zero-order valence-electron chi connectivity index (χ0n) is 27.4. The van der Waals surface area contributed by atoms with Crippen LogP contribution in [0.15, 0.2) is 109 Å². The van der Waals surface area contributed by atoms with Gasteiger partial charge in [0.2, 0.25) is 0 Å². The molecule has 0 heterocycles. The molecule has 6 nitrogen and oxygen atoms in total. The first-order valence-electron chi connectivity index (χ1n) is 16.7. The maximum absolute atomic E-state index is 12.4. The van der Waals surface area contributed by atoms with Crippen LogP contribution in [0.4, 0.5) is 21.0 Å². The molecule has 6 heteroatoms. The molecule has 48 heavy (non-hydrogen) atoms. The van der Waals surface area contributed by atoms with Gasteiger partial charge in [-0.25, -0.2) is 9.59 Å². The van der Waals surface area contributed by atoms with Crippen molar-refractivity contribution in [2.45, 2.75) is 76.4 Å². The number of hydrogen-bond acceptors (Lipinski definition) is 4. The van der Waals surface area contributed by atoms with E-state index in [1.165, 1.54) is 25.7 Å². The highest BCUT2D eigenvalue weighted by Gasteiger charge is 2.12. The van der Waals surface area contributed by atoms with Gasteiger partial charge in [0, 0.05) is 10.8 Å². The lowest BCUT2D eigenvalue weighted by atomic mass is 10.1. The average Bonchev–Trinajstić information content (AvgIpc) is 3.11. The van der Waals surface area contributed by atoms with E-state index < -0.39 is 24.4 Å². The van der Waals surface area contributed by atoms with E-state index in [4.69, 9.17) is 22.3 Å². The minimum Gasteiger partial charge on any atom is -0.428 e.